The molecule has 0 saturated heterocycles. The maximum Gasteiger partial charge on any atom is 0.135 e. The molecule has 0 aliphatic heterocycles. The van der Waals surface area contributed by atoms with E-state index < -0.39 is 0 Å². The SMILES string of the molecule is CCCCOc1c2ccc(CC)cc2c(OCCCC)c2ccc(CC)cc12. The minimum atomic E-state index is 0.753. The molecule has 0 N–H and O–H groups in total. The first-order chi connectivity index (χ1) is 13.7. The third-order valence-corrected chi connectivity index (χ3v) is 5.45. The molecule has 28 heavy (non-hydrogen) atoms. The topological polar surface area (TPSA) is 18.5 Å². The maximum atomic E-state index is 6.37. The predicted molar refractivity (Wildman–Crippen MR) is 121 cm³/mol. The van der Waals surface area contributed by atoms with Crippen molar-refractivity contribution in [3.8, 4) is 11.5 Å². The number of hydrogen-bond donors (Lipinski definition) is 0. The molecule has 0 unspecified atom stereocenters. The summed E-state index contributed by atoms with van der Waals surface area (Å²) in [5, 5.41) is 4.69. The second-order valence-electron chi connectivity index (χ2n) is 7.53. The first kappa shape index (κ1) is 20.5. The van der Waals surface area contributed by atoms with Crippen molar-refractivity contribution in [1.82, 2.24) is 0 Å². The van der Waals surface area contributed by atoms with Crippen molar-refractivity contribution >= 4 is 21.5 Å². The molecule has 2 heteroatoms. The molecule has 150 valence electrons. The Balaban J connectivity index is 2.27. The second kappa shape index (κ2) is 9.82. The highest BCUT2D eigenvalue weighted by Gasteiger charge is 2.17. The van der Waals surface area contributed by atoms with Crippen LogP contribution in [-0.2, 0) is 12.8 Å². The van der Waals surface area contributed by atoms with Gasteiger partial charge in [0.25, 0.3) is 0 Å². The van der Waals surface area contributed by atoms with Gasteiger partial charge in [0.2, 0.25) is 0 Å². The van der Waals surface area contributed by atoms with Crippen molar-refractivity contribution in [1.29, 1.82) is 0 Å². The Labute approximate surface area is 169 Å². The van der Waals surface area contributed by atoms with Gasteiger partial charge < -0.3 is 9.47 Å². The first-order valence-electron chi connectivity index (χ1n) is 11.0. The molecule has 0 radical (unpaired) electrons. The molecular formula is C26H34O2. The van der Waals surface area contributed by atoms with Gasteiger partial charge in [-0.05, 0) is 48.9 Å². The van der Waals surface area contributed by atoms with Crippen molar-refractivity contribution < 1.29 is 9.47 Å². The van der Waals surface area contributed by atoms with Gasteiger partial charge in [-0.15, -0.1) is 0 Å². The zero-order valence-electron chi connectivity index (χ0n) is 17.9. The molecule has 0 bridgehead atoms. The summed E-state index contributed by atoms with van der Waals surface area (Å²) in [4.78, 5) is 0. The lowest BCUT2D eigenvalue weighted by Gasteiger charge is -2.19. The third-order valence-electron chi connectivity index (χ3n) is 5.45. The van der Waals surface area contributed by atoms with E-state index in [1.165, 1.54) is 32.7 Å². The fourth-order valence-corrected chi connectivity index (χ4v) is 3.63. The summed E-state index contributed by atoms with van der Waals surface area (Å²) in [5.74, 6) is 2.03. The van der Waals surface area contributed by atoms with Crippen LogP contribution in [0.15, 0.2) is 36.4 Å². The molecule has 0 heterocycles. The van der Waals surface area contributed by atoms with Gasteiger partial charge >= 0.3 is 0 Å². The van der Waals surface area contributed by atoms with E-state index in [1.54, 1.807) is 0 Å². The lowest BCUT2D eigenvalue weighted by atomic mass is 9.96. The summed E-state index contributed by atoms with van der Waals surface area (Å²) >= 11 is 0. The van der Waals surface area contributed by atoms with Gasteiger partial charge in [-0.25, -0.2) is 0 Å². The fourth-order valence-electron chi connectivity index (χ4n) is 3.63. The Bertz CT molecular complexity index is 849. The Morgan fingerprint density at radius 1 is 0.571 bits per heavy atom. The van der Waals surface area contributed by atoms with Crippen LogP contribution in [0.3, 0.4) is 0 Å². The fraction of sp³-hybridized carbons (Fsp3) is 0.462. The van der Waals surface area contributed by atoms with Crippen LogP contribution in [0, 0.1) is 0 Å². The summed E-state index contributed by atoms with van der Waals surface area (Å²) in [6, 6.07) is 13.5. The average Bonchev–Trinajstić information content (AvgIpc) is 2.74. The molecule has 0 saturated carbocycles. The lowest BCUT2D eigenvalue weighted by molar-refractivity contribution is 0.311. The van der Waals surface area contributed by atoms with Gasteiger partial charge in [0.1, 0.15) is 11.5 Å². The lowest BCUT2D eigenvalue weighted by Crippen LogP contribution is -2.02. The van der Waals surface area contributed by atoms with Gasteiger partial charge in [-0.3, -0.25) is 0 Å². The highest BCUT2D eigenvalue weighted by Crippen LogP contribution is 2.43. The number of hydrogen-bond acceptors (Lipinski definition) is 2. The minimum Gasteiger partial charge on any atom is -0.492 e. The van der Waals surface area contributed by atoms with E-state index in [0.29, 0.717) is 0 Å². The summed E-state index contributed by atoms with van der Waals surface area (Å²) in [6.07, 6.45) is 6.44. The number of rotatable bonds is 10. The molecule has 0 aromatic heterocycles. The highest BCUT2D eigenvalue weighted by molar-refractivity contribution is 6.11. The van der Waals surface area contributed by atoms with E-state index in [-0.39, 0.29) is 0 Å². The summed E-state index contributed by atoms with van der Waals surface area (Å²) in [5.41, 5.74) is 2.66. The molecule has 3 rings (SSSR count). The van der Waals surface area contributed by atoms with Crippen LogP contribution in [0.5, 0.6) is 11.5 Å². The van der Waals surface area contributed by atoms with Gasteiger partial charge in [-0.2, -0.15) is 0 Å². The zero-order valence-corrected chi connectivity index (χ0v) is 17.9. The molecule has 0 amide bonds. The number of unbranched alkanes of at least 4 members (excludes halogenated alkanes) is 2. The Morgan fingerprint density at radius 2 is 1.00 bits per heavy atom. The van der Waals surface area contributed by atoms with Gasteiger partial charge in [0.15, 0.2) is 0 Å². The van der Waals surface area contributed by atoms with Gasteiger partial charge in [-0.1, -0.05) is 64.8 Å². The molecule has 0 atom stereocenters. The zero-order chi connectivity index (χ0) is 19.9. The highest BCUT2D eigenvalue weighted by atomic mass is 16.5. The van der Waals surface area contributed by atoms with Crippen molar-refractivity contribution in [2.24, 2.45) is 0 Å². The average molecular weight is 379 g/mol. The standard InChI is InChI=1S/C26H34O2/c1-5-9-15-27-25-21-13-11-20(8-4)18-24(21)26(28-16-10-6-2)22-14-12-19(7-3)17-23(22)25/h11-14,17-18H,5-10,15-16H2,1-4H3. The summed E-state index contributed by atoms with van der Waals surface area (Å²) in [6.45, 7) is 10.3. The largest absolute Gasteiger partial charge is 0.492 e. The monoisotopic (exact) mass is 378 g/mol. The molecule has 3 aromatic rings. The van der Waals surface area contributed by atoms with E-state index >= 15 is 0 Å². The van der Waals surface area contributed by atoms with Crippen LogP contribution in [0.2, 0.25) is 0 Å². The van der Waals surface area contributed by atoms with E-state index in [0.717, 1.165) is 63.2 Å². The maximum absolute atomic E-state index is 6.37. The van der Waals surface area contributed by atoms with Crippen LogP contribution < -0.4 is 9.47 Å². The molecule has 0 aliphatic carbocycles. The van der Waals surface area contributed by atoms with Crippen LogP contribution in [0.1, 0.15) is 64.5 Å². The molecule has 0 aliphatic rings. The van der Waals surface area contributed by atoms with Crippen LogP contribution >= 0.6 is 0 Å². The van der Waals surface area contributed by atoms with Crippen molar-refractivity contribution in [2.45, 2.75) is 66.2 Å². The van der Waals surface area contributed by atoms with E-state index in [4.69, 9.17) is 9.47 Å². The number of aryl methyl sites for hydroxylation is 2. The molecule has 2 nitrogen and oxygen atoms in total. The number of benzene rings is 3. The first-order valence-corrected chi connectivity index (χ1v) is 11.0. The van der Waals surface area contributed by atoms with Crippen LogP contribution in [0.4, 0.5) is 0 Å². The van der Waals surface area contributed by atoms with E-state index in [9.17, 15) is 0 Å². The van der Waals surface area contributed by atoms with Crippen molar-refractivity contribution in [3.05, 3.63) is 47.5 Å². The van der Waals surface area contributed by atoms with Crippen molar-refractivity contribution in [2.75, 3.05) is 13.2 Å². The van der Waals surface area contributed by atoms with Gasteiger partial charge in [0.05, 0.1) is 13.2 Å². The van der Waals surface area contributed by atoms with Crippen LogP contribution in [-0.4, -0.2) is 13.2 Å². The Morgan fingerprint density at radius 3 is 1.36 bits per heavy atom. The smallest absolute Gasteiger partial charge is 0.135 e. The second-order valence-corrected chi connectivity index (χ2v) is 7.53. The number of ether oxygens (including phenoxy) is 2. The minimum absolute atomic E-state index is 0.753. The van der Waals surface area contributed by atoms with Crippen molar-refractivity contribution in [3.63, 3.8) is 0 Å². The summed E-state index contributed by atoms with van der Waals surface area (Å²) in [7, 11) is 0. The van der Waals surface area contributed by atoms with Crippen LogP contribution in [0.25, 0.3) is 21.5 Å². The molecular weight excluding hydrogens is 344 g/mol. The summed E-state index contributed by atoms with van der Waals surface area (Å²) < 4.78 is 12.7. The molecule has 3 aromatic carbocycles. The molecule has 0 fully saturated rings. The Kier molecular flexibility index (Phi) is 7.19. The van der Waals surface area contributed by atoms with E-state index in [2.05, 4.69) is 64.1 Å². The third kappa shape index (κ3) is 4.27. The normalized spacial score (nSPS) is 11.3. The van der Waals surface area contributed by atoms with E-state index in [1.807, 2.05) is 0 Å². The molecule has 0 spiro atoms. The number of fused-ring (bicyclic) bond motifs is 2. The Hall–Kier alpha value is -2.22. The van der Waals surface area contributed by atoms with Gasteiger partial charge in [0, 0.05) is 21.5 Å². The predicted octanol–water partition coefficient (Wildman–Crippen LogP) is 7.48. The quantitative estimate of drug-likeness (QED) is 0.269.